The second-order valence-electron chi connectivity index (χ2n) is 9.76. The van der Waals surface area contributed by atoms with Crippen molar-refractivity contribution in [3.8, 4) is 0 Å². The van der Waals surface area contributed by atoms with Crippen LogP contribution in [-0.4, -0.2) is 105 Å². The number of piperazine rings is 1. The Morgan fingerprint density at radius 1 is 1.14 bits per heavy atom. The summed E-state index contributed by atoms with van der Waals surface area (Å²) in [7, 11) is 1.56. The second kappa shape index (κ2) is 11.1. The lowest BCUT2D eigenvalue weighted by molar-refractivity contribution is -0.139. The molecule has 1 aromatic rings. The monoisotopic (exact) mass is 486 g/mol. The highest BCUT2D eigenvalue weighted by Crippen LogP contribution is 2.30. The number of benzene rings is 1. The van der Waals surface area contributed by atoms with Crippen molar-refractivity contribution in [2.45, 2.75) is 51.5 Å². The number of ketones is 1. The maximum atomic E-state index is 13.6. The van der Waals surface area contributed by atoms with Crippen LogP contribution in [0.2, 0.25) is 0 Å². The van der Waals surface area contributed by atoms with Gasteiger partial charge in [-0.05, 0) is 36.7 Å². The first-order valence-corrected chi connectivity index (χ1v) is 12.7. The standard InChI is InChI=1S/C26H38N4O5/c1-5-17(3)22(26(33)30-15-21(34-4)24-23(30)20(31)16-35-24)27-25(32)18-7-9-19(10-8-18)29-13-11-28(6-2)12-14-29/h7-10,17,21-24H,5-6,11-16H2,1-4H3,(H,27,32)/t17-,21+,22-,23+,24+/m0/s1. The molecule has 0 aliphatic carbocycles. The third-order valence-corrected chi connectivity index (χ3v) is 7.80. The van der Waals surface area contributed by atoms with Gasteiger partial charge in [-0.2, -0.15) is 0 Å². The van der Waals surface area contributed by atoms with Crippen molar-refractivity contribution in [2.75, 3.05) is 57.9 Å². The summed E-state index contributed by atoms with van der Waals surface area (Å²) in [6.07, 6.45) is -0.0914. The topological polar surface area (TPSA) is 91.4 Å². The number of likely N-dealkylation sites (N-methyl/N-ethyl adjacent to an activating group) is 1. The number of likely N-dealkylation sites (tertiary alicyclic amines) is 1. The van der Waals surface area contributed by atoms with Gasteiger partial charge in [0.1, 0.15) is 30.9 Å². The minimum Gasteiger partial charge on any atom is -0.377 e. The van der Waals surface area contributed by atoms with Gasteiger partial charge in [-0.25, -0.2) is 0 Å². The van der Waals surface area contributed by atoms with Gasteiger partial charge in [0.25, 0.3) is 5.91 Å². The van der Waals surface area contributed by atoms with E-state index < -0.39 is 18.2 Å². The fraction of sp³-hybridized carbons (Fsp3) is 0.654. The molecule has 3 aliphatic rings. The largest absolute Gasteiger partial charge is 0.377 e. The Hall–Kier alpha value is -2.49. The molecule has 0 spiro atoms. The summed E-state index contributed by atoms with van der Waals surface area (Å²) in [6.45, 7) is 11.4. The van der Waals surface area contributed by atoms with Crippen molar-refractivity contribution >= 4 is 23.3 Å². The molecule has 1 aromatic carbocycles. The molecule has 35 heavy (non-hydrogen) atoms. The van der Waals surface area contributed by atoms with Crippen molar-refractivity contribution in [1.29, 1.82) is 0 Å². The summed E-state index contributed by atoms with van der Waals surface area (Å²) in [6, 6.07) is 6.19. The van der Waals surface area contributed by atoms with Gasteiger partial charge in [-0.3, -0.25) is 14.4 Å². The molecular weight excluding hydrogens is 448 g/mol. The summed E-state index contributed by atoms with van der Waals surface area (Å²) in [4.78, 5) is 45.5. The van der Waals surface area contributed by atoms with Gasteiger partial charge in [0.15, 0.2) is 5.78 Å². The SMILES string of the molecule is CC[C@H](C)[C@H](NC(=O)c1ccc(N2CCN(CC)CC2)cc1)C(=O)N1C[C@@H](OC)[C@H]2OCC(=O)[C@H]21. The number of carbonyl (C=O) groups is 3. The average molecular weight is 487 g/mol. The van der Waals surface area contributed by atoms with Gasteiger partial charge in [-0.15, -0.1) is 0 Å². The van der Waals surface area contributed by atoms with E-state index >= 15 is 0 Å². The highest BCUT2D eigenvalue weighted by atomic mass is 16.5. The Morgan fingerprint density at radius 2 is 1.83 bits per heavy atom. The first-order chi connectivity index (χ1) is 16.9. The van der Waals surface area contributed by atoms with Gasteiger partial charge >= 0.3 is 0 Å². The third-order valence-electron chi connectivity index (χ3n) is 7.80. The summed E-state index contributed by atoms with van der Waals surface area (Å²) in [5.74, 6) is -0.768. The molecule has 192 valence electrons. The lowest BCUT2D eigenvalue weighted by Gasteiger charge is -2.35. The fourth-order valence-corrected chi connectivity index (χ4v) is 5.28. The van der Waals surface area contributed by atoms with E-state index in [-0.39, 0.29) is 42.8 Å². The number of nitrogens with one attached hydrogen (secondary N) is 1. The average Bonchev–Trinajstić information content (AvgIpc) is 3.46. The van der Waals surface area contributed by atoms with E-state index in [2.05, 4.69) is 22.0 Å². The smallest absolute Gasteiger partial charge is 0.251 e. The molecule has 0 unspecified atom stereocenters. The molecule has 0 radical (unpaired) electrons. The number of hydrogen-bond acceptors (Lipinski definition) is 7. The molecule has 3 aliphatic heterocycles. The Bertz CT molecular complexity index is 915. The lowest BCUT2D eigenvalue weighted by atomic mass is 9.96. The number of rotatable bonds is 8. The zero-order chi connectivity index (χ0) is 25.1. The number of fused-ring (bicyclic) bond motifs is 1. The van der Waals surface area contributed by atoms with Crippen LogP contribution in [0.4, 0.5) is 5.69 Å². The van der Waals surface area contributed by atoms with Gasteiger partial charge in [0.2, 0.25) is 5.91 Å². The summed E-state index contributed by atoms with van der Waals surface area (Å²) >= 11 is 0. The molecule has 3 fully saturated rings. The van der Waals surface area contributed by atoms with Crippen LogP contribution in [0.5, 0.6) is 0 Å². The molecule has 0 aromatic heterocycles. The molecule has 9 heteroatoms. The number of amides is 2. The normalized spacial score (nSPS) is 26.5. The van der Waals surface area contributed by atoms with Crippen LogP contribution < -0.4 is 10.2 Å². The van der Waals surface area contributed by atoms with Crippen LogP contribution in [-0.2, 0) is 19.1 Å². The Morgan fingerprint density at radius 3 is 2.43 bits per heavy atom. The van der Waals surface area contributed by atoms with Gasteiger partial charge in [-0.1, -0.05) is 27.2 Å². The number of hydrogen-bond donors (Lipinski definition) is 1. The molecule has 5 atom stereocenters. The first kappa shape index (κ1) is 25.6. The Kier molecular flexibility index (Phi) is 8.09. The van der Waals surface area contributed by atoms with E-state index in [4.69, 9.17) is 9.47 Å². The molecule has 0 bridgehead atoms. The van der Waals surface area contributed by atoms with Crippen molar-refractivity contribution in [2.24, 2.45) is 5.92 Å². The van der Waals surface area contributed by atoms with Crippen LogP contribution in [0.3, 0.4) is 0 Å². The quantitative estimate of drug-likeness (QED) is 0.590. The van der Waals surface area contributed by atoms with Crippen LogP contribution in [0.15, 0.2) is 24.3 Å². The van der Waals surface area contributed by atoms with E-state index in [0.29, 0.717) is 12.0 Å². The number of carbonyl (C=O) groups excluding carboxylic acids is 3. The number of nitrogens with zero attached hydrogens (tertiary/aromatic N) is 3. The maximum absolute atomic E-state index is 13.6. The van der Waals surface area contributed by atoms with E-state index in [1.807, 2.05) is 38.1 Å². The predicted molar refractivity (Wildman–Crippen MR) is 133 cm³/mol. The molecule has 9 nitrogen and oxygen atoms in total. The fourth-order valence-electron chi connectivity index (χ4n) is 5.28. The molecule has 0 saturated carbocycles. The van der Waals surface area contributed by atoms with Gasteiger partial charge in [0.05, 0.1) is 6.54 Å². The van der Waals surface area contributed by atoms with E-state index in [1.165, 1.54) is 0 Å². The first-order valence-electron chi connectivity index (χ1n) is 12.7. The molecule has 3 saturated heterocycles. The van der Waals surface area contributed by atoms with Gasteiger partial charge < -0.3 is 29.5 Å². The number of methoxy groups -OCH3 is 1. The van der Waals surface area contributed by atoms with Crippen LogP contribution in [0.25, 0.3) is 0 Å². The minimum atomic E-state index is -0.737. The predicted octanol–water partition coefficient (Wildman–Crippen LogP) is 1.17. The third kappa shape index (κ3) is 5.22. The lowest BCUT2D eigenvalue weighted by Crippen LogP contribution is -2.54. The van der Waals surface area contributed by atoms with Crippen LogP contribution in [0, 0.1) is 5.92 Å². The van der Waals surface area contributed by atoms with Crippen LogP contribution in [0.1, 0.15) is 37.6 Å². The maximum Gasteiger partial charge on any atom is 0.251 e. The van der Waals surface area contributed by atoms with Crippen molar-refractivity contribution in [1.82, 2.24) is 15.1 Å². The van der Waals surface area contributed by atoms with E-state index in [1.54, 1.807) is 12.0 Å². The second-order valence-corrected chi connectivity index (χ2v) is 9.76. The summed E-state index contributed by atoms with van der Waals surface area (Å²) < 4.78 is 11.1. The number of ether oxygens (including phenoxy) is 2. The number of Topliss-reactive ketones (excluding diaryl/α,β-unsaturated/α-hetero) is 1. The zero-order valence-corrected chi connectivity index (χ0v) is 21.2. The zero-order valence-electron chi connectivity index (χ0n) is 21.2. The highest BCUT2D eigenvalue weighted by Gasteiger charge is 2.53. The summed E-state index contributed by atoms with van der Waals surface area (Å²) in [5.41, 5.74) is 1.61. The van der Waals surface area contributed by atoms with Crippen molar-refractivity contribution in [3.63, 3.8) is 0 Å². The highest BCUT2D eigenvalue weighted by molar-refractivity contribution is 5.99. The van der Waals surface area contributed by atoms with Gasteiger partial charge in [0, 0.05) is 44.5 Å². The Balaban J connectivity index is 1.44. The minimum absolute atomic E-state index is 0.0147. The van der Waals surface area contributed by atoms with Crippen LogP contribution >= 0.6 is 0 Å². The molecule has 4 rings (SSSR count). The van der Waals surface area contributed by atoms with E-state index in [0.717, 1.165) is 38.4 Å². The number of anilines is 1. The molecule has 1 N–H and O–H groups in total. The Labute approximate surface area is 207 Å². The molecule has 2 amide bonds. The van der Waals surface area contributed by atoms with Crippen molar-refractivity contribution < 1.29 is 23.9 Å². The molecule has 3 heterocycles. The van der Waals surface area contributed by atoms with E-state index in [9.17, 15) is 14.4 Å². The summed E-state index contributed by atoms with van der Waals surface area (Å²) in [5, 5.41) is 2.96. The van der Waals surface area contributed by atoms with Crippen molar-refractivity contribution in [3.05, 3.63) is 29.8 Å². The molecular formula is C26H38N4O5.